The Hall–Kier alpha value is -6.84. The van der Waals surface area contributed by atoms with Gasteiger partial charge in [-0.2, -0.15) is 0 Å². The van der Waals surface area contributed by atoms with Crippen molar-refractivity contribution in [1.29, 1.82) is 0 Å². The van der Waals surface area contributed by atoms with Gasteiger partial charge < -0.3 is 63.2 Å². The minimum Gasteiger partial charge on any atom is -0.480 e. The number of hydrogen-bond donors (Lipinski definition) is 10. The van der Waals surface area contributed by atoms with Gasteiger partial charge in [0.05, 0.1) is 24.0 Å². The predicted molar refractivity (Wildman–Crippen MR) is 265 cm³/mol. The molecule has 0 radical (unpaired) electrons. The molecular formula is C49H76N10O12. The van der Waals surface area contributed by atoms with Crippen LogP contribution in [-0.4, -0.2) is 143 Å². The first-order valence-electron chi connectivity index (χ1n) is 23.8. The monoisotopic (exact) mass is 997 g/mol. The molecule has 12 N–H and O–H groups in total. The van der Waals surface area contributed by atoms with Crippen molar-refractivity contribution in [3.63, 3.8) is 0 Å². The second-order valence-electron chi connectivity index (χ2n) is 18.6. The van der Waals surface area contributed by atoms with Gasteiger partial charge in [-0.05, 0) is 64.4 Å². The lowest BCUT2D eigenvalue weighted by atomic mass is 9.94. The molecule has 71 heavy (non-hydrogen) atoms. The van der Waals surface area contributed by atoms with Crippen molar-refractivity contribution in [3.05, 3.63) is 59.7 Å². The van der Waals surface area contributed by atoms with Crippen molar-refractivity contribution in [2.24, 2.45) is 40.1 Å². The quantitative estimate of drug-likeness (QED) is 0.0495. The molecule has 1 saturated heterocycles. The zero-order chi connectivity index (χ0) is 53.7. The summed E-state index contributed by atoms with van der Waals surface area (Å²) in [6.07, 6.45) is 4.80. The molecular weight excluding hydrogens is 921 g/mol. The average Bonchev–Trinajstić information content (AvgIpc) is 3.31. The average molecular weight is 997 g/mol. The lowest BCUT2D eigenvalue weighted by molar-refractivity contribution is -0.146. The molecule has 0 bridgehead atoms. The van der Waals surface area contributed by atoms with Crippen LogP contribution in [0, 0.1) is 23.7 Å². The van der Waals surface area contributed by atoms with E-state index in [4.69, 9.17) is 16.2 Å². The van der Waals surface area contributed by atoms with Crippen molar-refractivity contribution in [1.82, 2.24) is 36.8 Å². The highest BCUT2D eigenvalue weighted by molar-refractivity contribution is 5.97. The van der Waals surface area contributed by atoms with Crippen LogP contribution in [0.15, 0.2) is 59.1 Å². The number of aliphatic imine (C=N–C) groups is 1. The van der Waals surface area contributed by atoms with Crippen molar-refractivity contribution in [3.8, 4) is 0 Å². The van der Waals surface area contributed by atoms with Crippen molar-refractivity contribution < 1.29 is 58.1 Å². The van der Waals surface area contributed by atoms with Gasteiger partial charge in [0.25, 0.3) is 0 Å². The summed E-state index contributed by atoms with van der Waals surface area (Å²) >= 11 is 0. The van der Waals surface area contributed by atoms with Gasteiger partial charge in [-0.15, -0.1) is 0 Å². The van der Waals surface area contributed by atoms with Crippen LogP contribution in [0.3, 0.4) is 0 Å². The summed E-state index contributed by atoms with van der Waals surface area (Å²) in [5.74, 6) is -12.1. The fraction of sp³-hybridized carbons (Fsp3) is 0.592. The van der Waals surface area contributed by atoms with Gasteiger partial charge in [-0.1, -0.05) is 88.8 Å². The number of amides is 7. The molecule has 7 amide bonds. The predicted octanol–water partition coefficient (Wildman–Crippen LogP) is 0.493. The molecule has 1 fully saturated rings. The number of methoxy groups -OCH3 is 1. The topological polar surface area (TPSA) is 343 Å². The number of ether oxygens (including phenoxy) is 1. The molecule has 1 aromatic rings. The standard InChI is InChI=1S/C49H76N10O12/c1-26(2)23-37-46(66)58-40(48(69)70)30(6)42(62)55-35(17-14-22-52-49(50)51)45(65)54-34(19-18-27(3)24-28(4)38(71-10)25-33-15-12-11-13-16-33)29(5)41(61)56-36(47(67)68)20-21-39(60)59(9)32(8)44(64)53-31(7)43(63)57-37/h11-13,15-16,18-19,24,26,28-32,34-38,40H,14,17,20-23,25H2,1-10H3,(H,53,64)(H,54,65)(H,55,62)(H,56,61)(H,57,63)(H,58,66)(H,67,68)(H,69,70)(H4,50,51,52)/b19-18+,27-24+/t28-,29?,30-,31+,32+,34?,35?,36+,37-,38-,40?/m0/s1. The molecule has 1 aliphatic rings. The summed E-state index contributed by atoms with van der Waals surface area (Å²) in [4.78, 5) is 126. The Morgan fingerprint density at radius 2 is 1.41 bits per heavy atom. The Labute approximate surface area is 416 Å². The van der Waals surface area contributed by atoms with E-state index < -0.39 is 114 Å². The van der Waals surface area contributed by atoms with Crippen molar-refractivity contribution in [2.45, 2.75) is 142 Å². The number of carbonyl (C=O) groups is 9. The van der Waals surface area contributed by atoms with E-state index in [1.54, 1.807) is 34.0 Å². The second kappa shape index (κ2) is 29.4. The first-order valence-corrected chi connectivity index (χ1v) is 23.8. The number of carboxylic acid groups (broad SMARTS) is 2. The molecule has 0 spiro atoms. The smallest absolute Gasteiger partial charge is 0.327 e. The SMILES string of the molecule is CO[C@@H](Cc1ccccc1)[C@@H](C)/C=C(C)/C=C/C1NC(=O)C(CCCN=C(N)N)NC(=O)[C@@H](C)C(C(=O)O)NC(=O)[C@H](CC(C)C)NC(=O)[C@@H](C)NC(=O)[C@@H](C)N(C)C(=O)CC[C@H](C(=O)O)NC(=O)C1C. The lowest BCUT2D eigenvalue weighted by Crippen LogP contribution is -2.59. The van der Waals surface area contributed by atoms with Gasteiger partial charge in [0.15, 0.2) is 5.96 Å². The summed E-state index contributed by atoms with van der Waals surface area (Å²) in [7, 11) is 2.93. The van der Waals surface area contributed by atoms with Crippen LogP contribution in [0.1, 0.15) is 93.1 Å². The Morgan fingerprint density at radius 3 is 1.99 bits per heavy atom. The number of benzene rings is 1. The third kappa shape index (κ3) is 20.2. The number of carbonyl (C=O) groups excluding carboxylic acids is 7. The van der Waals surface area contributed by atoms with Crippen LogP contribution in [0.5, 0.6) is 0 Å². The molecule has 394 valence electrons. The number of carboxylic acids is 2. The summed E-state index contributed by atoms with van der Waals surface area (Å²) in [6.45, 7) is 12.7. The third-order valence-electron chi connectivity index (χ3n) is 12.3. The van der Waals surface area contributed by atoms with E-state index in [1.807, 2.05) is 43.3 Å². The van der Waals surface area contributed by atoms with E-state index in [-0.39, 0.29) is 56.1 Å². The highest BCUT2D eigenvalue weighted by Gasteiger charge is 2.37. The van der Waals surface area contributed by atoms with Crippen LogP contribution in [-0.2, 0) is 54.3 Å². The van der Waals surface area contributed by atoms with Crippen LogP contribution in [0.4, 0.5) is 0 Å². The maximum atomic E-state index is 14.4. The minimum absolute atomic E-state index is 0.0237. The summed E-state index contributed by atoms with van der Waals surface area (Å²) in [5.41, 5.74) is 12.8. The van der Waals surface area contributed by atoms with E-state index in [0.29, 0.717) is 12.0 Å². The van der Waals surface area contributed by atoms with Crippen molar-refractivity contribution in [2.75, 3.05) is 20.7 Å². The Bertz CT molecular complexity index is 2110. The molecule has 2 rings (SSSR count). The van der Waals surface area contributed by atoms with Crippen LogP contribution in [0.25, 0.3) is 0 Å². The fourth-order valence-corrected chi connectivity index (χ4v) is 7.61. The number of likely N-dealkylation sites (N-methyl/N-ethyl adjacent to an activating group) is 1. The van der Waals surface area contributed by atoms with Gasteiger partial charge in [0, 0.05) is 33.0 Å². The van der Waals surface area contributed by atoms with Crippen LogP contribution < -0.4 is 43.4 Å². The number of nitrogens with two attached hydrogens (primary N) is 2. The number of aliphatic carboxylic acids is 2. The molecule has 1 aliphatic heterocycles. The molecule has 0 aromatic heterocycles. The molecule has 0 saturated carbocycles. The normalized spacial score (nSPS) is 26.4. The highest BCUT2D eigenvalue weighted by Crippen LogP contribution is 2.19. The molecule has 0 aliphatic carbocycles. The molecule has 22 heteroatoms. The van der Waals surface area contributed by atoms with Crippen LogP contribution >= 0.6 is 0 Å². The first-order chi connectivity index (χ1) is 33.3. The number of nitrogens with zero attached hydrogens (tertiary/aromatic N) is 2. The number of rotatable bonds is 15. The Kier molecular flexibility index (Phi) is 24.9. The summed E-state index contributed by atoms with van der Waals surface area (Å²) < 4.78 is 5.82. The van der Waals surface area contributed by atoms with E-state index in [9.17, 15) is 53.4 Å². The van der Waals surface area contributed by atoms with Gasteiger partial charge >= 0.3 is 11.9 Å². The van der Waals surface area contributed by atoms with E-state index in [0.717, 1.165) is 10.5 Å². The fourth-order valence-electron chi connectivity index (χ4n) is 7.61. The largest absolute Gasteiger partial charge is 0.480 e. The molecule has 1 heterocycles. The van der Waals surface area contributed by atoms with Gasteiger partial charge in [0.1, 0.15) is 36.3 Å². The second-order valence-corrected chi connectivity index (χ2v) is 18.6. The highest BCUT2D eigenvalue weighted by atomic mass is 16.5. The minimum atomic E-state index is -1.87. The van der Waals surface area contributed by atoms with Crippen molar-refractivity contribution >= 4 is 59.2 Å². The first kappa shape index (κ1) is 60.3. The van der Waals surface area contributed by atoms with Crippen LogP contribution in [0.2, 0.25) is 0 Å². The third-order valence-corrected chi connectivity index (χ3v) is 12.3. The molecule has 22 nitrogen and oxygen atoms in total. The number of nitrogens with one attached hydrogen (secondary N) is 6. The molecule has 1 aromatic carbocycles. The van der Waals surface area contributed by atoms with E-state index in [1.165, 1.54) is 40.8 Å². The number of hydrogen-bond acceptors (Lipinski definition) is 11. The molecule has 11 atom stereocenters. The lowest BCUT2D eigenvalue weighted by Gasteiger charge is -2.28. The summed E-state index contributed by atoms with van der Waals surface area (Å²) in [6, 6.07) is -0.00974. The zero-order valence-corrected chi connectivity index (χ0v) is 42.5. The van der Waals surface area contributed by atoms with E-state index in [2.05, 4.69) is 36.9 Å². The Balaban J connectivity index is 2.73. The zero-order valence-electron chi connectivity index (χ0n) is 42.5. The Morgan fingerprint density at radius 1 is 0.803 bits per heavy atom. The summed E-state index contributed by atoms with van der Waals surface area (Å²) in [5, 5.41) is 35.7. The van der Waals surface area contributed by atoms with E-state index >= 15 is 0 Å². The van der Waals surface area contributed by atoms with Gasteiger partial charge in [-0.25, -0.2) is 9.59 Å². The number of allylic oxidation sites excluding steroid dienone is 2. The number of guanidine groups is 1. The maximum absolute atomic E-state index is 14.4. The maximum Gasteiger partial charge on any atom is 0.327 e. The van der Waals surface area contributed by atoms with Gasteiger partial charge in [0.2, 0.25) is 41.4 Å². The van der Waals surface area contributed by atoms with Gasteiger partial charge in [-0.3, -0.25) is 38.6 Å². The molecule has 4 unspecified atom stereocenters.